The van der Waals surface area contributed by atoms with Crippen molar-refractivity contribution in [3.63, 3.8) is 0 Å². The van der Waals surface area contributed by atoms with Crippen LogP contribution in [0.25, 0.3) is 10.4 Å². The van der Waals surface area contributed by atoms with Crippen molar-refractivity contribution < 1.29 is 23.3 Å². The van der Waals surface area contributed by atoms with Crippen LogP contribution < -0.4 is 16.4 Å². The van der Waals surface area contributed by atoms with Crippen LogP contribution in [0.2, 0.25) is 0 Å². The minimum absolute atomic E-state index is 0.154. The molecule has 11 nitrogen and oxygen atoms in total. The molecule has 1 amide bonds. The molecule has 3 aromatic rings. The summed E-state index contributed by atoms with van der Waals surface area (Å²) in [7, 11) is -1.87. The fraction of sp³-hybridized carbons (Fsp3) is 0.360. The number of hydrogen-bond donors (Lipinski definition) is 3. The van der Waals surface area contributed by atoms with E-state index in [0.717, 1.165) is 10.4 Å². The van der Waals surface area contributed by atoms with Gasteiger partial charge in [-0.3, -0.25) is 9.16 Å². The zero-order valence-electron chi connectivity index (χ0n) is 21.6. The van der Waals surface area contributed by atoms with Crippen molar-refractivity contribution in [1.29, 1.82) is 0 Å². The average molecular weight is 560 g/mol. The number of hydrogen-bond acceptors (Lipinski definition) is 12. The highest BCUT2D eigenvalue weighted by atomic mass is 32.2. The average Bonchev–Trinajstić information content (AvgIpc) is 3.38. The van der Waals surface area contributed by atoms with Crippen LogP contribution in [0.3, 0.4) is 0 Å². The number of carbonyl (C=O) groups is 2. The van der Waals surface area contributed by atoms with E-state index < -0.39 is 34.3 Å². The van der Waals surface area contributed by atoms with Gasteiger partial charge >= 0.3 is 12.1 Å². The van der Waals surface area contributed by atoms with Gasteiger partial charge in [0.2, 0.25) is 5.95 Å². The van der Waals surface area contributed by atoms with E-state index in [1.807, 2.05) is 17.5 Å². The quantitative estimate of drug-likeness (QED) is 0.226. The number of aromatic nitrogens is 2. The van der Waals surface area contributed by atoms with E-state index in [0.29, 0.717) is 35.3 Å². The largest absolute Gasteiger partial charge is 0.459 e. The number of benzene rings is 1. The van der Waals surface area contributed by atoms with Crippen LogP contribution >= 0.6 is 11.3 Å². The Hall–Kier alpha value is -3.55. The van der Waals surface area contributed by atoms with Gasteiger partial charge in [-0.05, 0) is 57.7 Å². The first-order valence-electron chi connectivity index (χ1n) is 11.9. The molecule has 0 aliphatic carbocycles. The van der Waals surface area contributed by atoms with E-state index in [4.69, 9.17) is 15.2 Å². The first-order chi connectivity index (χ1) is 18.1. The smallest absolute Gasteiger partial charge is 0.410 e. The minimum atomic E-state index is -1.87. The zero-order valence-corrected chi connectivity index (χ0v) is 23.2. The number of thiophene rings is 1. The number of anilines is 3. The van der Waals surface area contributed by atoms with Gasteiger partial charge in [0.1, 0.15) is 17.5 Å². The van der Waals surface area contributed by atoms with Gasteiger partial charge in [0.05, 0.1) is 12.2 Å². The number of ether oxygens (including phenoxy) is 2. The van der Waals surface area contributed by atoms with E-state index in [1.54, 1.807) is 69.5 Å². The summed E-state index contributed by atoms with van der Waals surface area (Å²) in [5.41, 5.74) is 6.86. The van der Waals surface area contributed by atoms with Gasteiger partial charge < -0.3 is 30.0 Å². The molecule has 0 bridgehead atoms. The summed E-state index contributed by atoms with van der Waals surface area (Å²) in [4.78, 5) is 34.0. The third kappa shape index (κ3) is 8.78. The van der Waals surface area contributed by atoms with Gasteiger partial charge in [-0.1, -0.05) is 23.1 Å². The molecule has 38 heavy (non-hydrogen) atoms. The van der Waals surface area contributed by atoms with E-state index in [2.05, 4.69) is 25.0 Å². The molecule has 0 radical (unpaired) electrons. The van der Waals surface area contributed by atoms with Crippen LogP contribution in [0.1, 0.15) is 34.1 Å². The number of nitrogens with zero attached hydrogens (tertiary/aromatic N) is 3. The summed E-state index contributed by atoms with van der Waals surface area (Å²) in [6.45, 7) is 7.58. The second-order valence-electron chi connectivity index (χ2n) is 8.98. The predicted molar refractivity (Wildman–Crippen MR) is 148 cm³/mol. The highest BCUT2D eigenvalue weighted by Crippen LogP contribution is 2.31. The molecule has 1 aromatic carbocycles. The molecule has 0 saturated carbocycles. The van der Waals surface area contributed by atoms with Crippen LogP contribution in [-0.4, -0.2) is 46.8 Å². The molecule has 4 N–H and O–H groups in total. The Labute approximate surface area is 227 Å². The summed E-state index contributed by atoms with van der Waals surface area (Å²) in [5.74, 6) is 0.448. The fourth-order valence-electron chi connectivity index (χ4n) is 3.08. The first-order valence-corrected chi connectivity index (χ1v) is 13.8. The second-order valence-corrected chi connectivity index (χ2v) is 11.1. The van der Waals surface area contributed by atoms with Crippen LogP contribution in [0.5, 0.6) is 0 Å². The van der Waals surface area contributed by atoms with Crippen molar-refractivity contribution in [3.8, 4) is 10.4 Å². The summed E-state index contributed by atoms with van der Waals surface area (Å²) in [6, 6.07) is 9.65. The number of rotatable bonds is 10. The van der Waals surface area contributed by atoms with Crippen LogP contribution in [0.15, 0.2) is 57.2 Å². The van der Waals surface area contributed by atoms with E-state index in [1.165, 1.54) is 0 Å². The molecule has 0 spiro atoms. The molecule has 2 aromatic heterocycles. The molecule has 0 aliphatic rings. The normalized spacial score (nSPS) is 13.0. The molecule has 13 heteroatoms. The minimum Gasteiger partial charge on any atom is -0.459 e. The standard InChI is InChI=1S/C25H31N6O5S2/c1-5-35-24(33)31-38(34)17-10-8-16(9-11-17)29-23-28-15-18(20-7-6-14-37-20)21(30-23)27-13-12-19(26)22(32)36-25(2,3)4/h6-11,14-15,19H,5,12-13,26H2,1-4H3,(H2,27,28,29,30)/q-1/t19-/m0/s1. The maximum absolute atomic E-state index is 12.2. The highest BCUT2D eigenvalue weighted by Gasteiger charge is 2.22. The Morgan fingerprint density at radius 2 is 1.95 bits per heavy atom. The van der Waals surface area contributed by atoms with Crippen molar-refractivity contribution in [2.24, 2.45) is 10.1 Å². The third-order valence-electron chi connectivity index (χ3n) is 4.77. The molecule has 0 fully saturated rings. The molecular formula is C25H31N6O5S2-. The molecule has 0 unspecified atom stereocenters. The van der Waals surface area contributed by atoms with Crippen LogP contribution in [0.4, 0.5) is 22.2 Å². The molecule has 3 rings (SSSR count). The second kappa shape index (κ2) is 13.3. The van der Waals surface area contributed by atoms with Crippen molar-refractivity contribution in [2.75, 3.05) is 23.8 Å². The summed E-state index contributed by atoms with van der Waals surface area (Å²) >= 11 is 1.55. The van der Waals surface area contributed by atoms with Gasteiger partial charge in [-0.2, -0.15) is 4.98 Å². The monoisotopic (exact) mass is 559 g/mol. The van der Waals surface area contributed by atoms with E-state index in [9.17, 15) is 13.8 Å². The first kappa shape index (κ1) is 29.0. The topological polar surface area (TPSA) is 158 Å². The number of nitrogens with two attached hydrogens (primary N) is 1. The van der Waals surface area contributed by atoms with E-state index in [-0.39, 0.29) is 6.61 Å². The van der Waals surface area contributed by atoms with Gasteiger partial charge in [-0.25, -0.2) is 9.78 Å². The van der Waals surface area contributed by atoms with Crippen molar-refractivity contribution in [3.05, 3.63) is 48.0 Å². The summed E-state index contributed by atoms with van der Waals surface area (Å²) in [6.07, 6.45) is 1.18. The van der Waals surface area contributed by atoms with Crippen LogP contribution in [-0.2, 0) is 29.1 Å². The molecule has 2 heterocycles. The third-order valence-corrected chi connectivity index (χ3v) is 6.66. The summed E-state index contributed by atoms with van der Waals surface area (Å²) in [5, 5.41) is 8.33. The van der Waals surface area contributed by atoms with Crippen molar-refractivity contribution in [1.82, 2.24) is 9.97 Å². The lowest BCUT2D eigenvalue weighted by Gasteiger charge is -2.22. The van der Waals surface area contributed by atoms with Gasteiger partial charge in [-0.15, -0.1) is 21.9 Å². The van der Waals surface area contributed by atoms with Gasteiger partial charge in [0.15, 0.2) is 0 Å². The Morgan fingerprint density at radius 1 is 1.21 bits per heavy atom. The number of esters is 1. The number of amides is 1. The van der Waals surface area contributed by atoms with Gasteiger partial charge in [0.25, 0.3) is 0 Å². The van der Waals surface area contributed by atoms with Crippen molar-refractivity contribution in [2.45, 2.75) is 50.7 Å². The lowest BCUT2D eigenvalue weighted by atomic mass is 10.1. The van der Waals surface area contributed by atoms with E-state index >= 15 is 0 Å². The Kier molecular flexibility index (Phi) is 10.2. The fourth-order valence-corrected chi connectivity index (χ4v) is 4.48. The van der Waals surface area contributed by atoms with Crippen molar-refractivity contribution >= 4 is 51.4 Å². The molecule has 1 atom stereocenters. The van der Waals surface area contributed by atoms with Crippen LogP contribution in [0, 0.1) is 0 Å². The Bertz CT molecular complexity index is 1320. The molecule has 0 saturated heterocycles. The maximum Gasteiger partial charge on any atom is 0.410 e. The lowest BCUT2D eigenvalue weighted by molar-refractivity contribution is -0.156. The van der Waals surface area contributed by atoms with Gasteiger partial charge in [0, 0.05) is 23.3 Å². The number of nitrogens with one attached hydrogen (secondary N) is 2. The molecular weight excluding hydrogens is 528 g/mol. The highest BCUT2D eigenvalue weighted by molar-refractivity contribution is 7.75. The molecule has 204 valence electrons. The Morgan fingerprint density at radius 3 is 2.58 bits per heavy atom. The number of carbonyl (C=O) groups excluding carboxylic acids is 2. The lowest BCUT2D eigenvalue weighted by Crippen LogP contribution is -2.38. The SMILES string of the molecule is CCOC(=O)N=[S-](=O)c1ccc(Nc2ncc(-c3cccs3)c(NCC[C@H](N)C(=O)OC(C)(C)C)n2)cc1. The summed E-state index contributed by atoms with van der Waals surface area (Å²) < 4.78 is 25.7. The predicted octanol–water partition coefficient (Wildman–Crippen LogP) is 5.08. The molecule has 0 aliphatic heterocycles. The maximum atomic E-state index is 12.2. The zero-order chi connectivity index (χ0) is 27.7. The Balaban J connectivity index is 1.72.